The van der Waals surface area contributed by atoms with Crippen LogP contribution >= 0.6 is 0 Å². The fraction of sp³-hybridized carbons (Fsp3) is 0.100. The van der Waals surface area contributed by atoms with Crippen molar-refractivity contribution < 1.29 is 0 Å². The second-order valence-electron chi connectivity index (χ2n) is 3.48. The van der Waals surface area contributed by atoms with Crippen molar-refractivity contribution in [2.75, 3.05) is 0 Å². The minimum atomic E-state index is 0.765. The molecule has 80 valence electrons. The van der Waals surface area contributed by atoms with E-state index in [0.717, 1.165) is 29.3 Å². The van der Waals surface area contributed by atoms with E-state index in [4.69, 9.17) is 0 Å². The minimum absolute atomic E-state index is 0.765. The van der Waals surface area contributed by atoms with Crippen molar-refractivity contribution in [3.05, 3.63) is 42.6 Å². The number of imidazole rings is 3. The SMILES string of the molecule is c1ncc(Cc2cnc(-c3cnc[nH]3)[nH]2)[nH]1. The van der Waals surface area contributed by atoms with Crippen LogP contribution in [0.5, 0.6) is 0 Å². The lowest BCUT2D eigenvalue weighted by Gasteiger charge is -1.93. The summed E-state index contributed by atoms with van der Waals surface area (Å²) in [4.78, 5) is 21.5. The number of H-pyrrole nitrogens is 3. The number of aromatic nitrogens is 6. The maximum Gasteiger partial charge on any atom is 0.155 e. The van der Waals surface area contributed by atoms with E-state index in [1.165, 1.54) is 0 Å². The molecule has 0 radical (unpaired) electrons. The van der Waals surface area contributed by atoms with Crippen molar-refractivity contribution in [1.29, 1.82) is 0 Å². The Bertz CT molecular complexity index is 548. The van der Waals surface area contributed by atoms with Crippen molar-refractivity contribution in [1.82, 2.24) is 29.9 Å². The molecule has 3 heterocycles. The van der Waals surface area contributed by atoms with Crippen LogP contribution in [0.3, 0.4) is 0 Å². The second-order valence-corrected chi connectivity index (χ2v) is 3.48. The summed E-state index contributed by atoms with van der Waals surface area (Å²) in [6.07, 6.45) is 9.42. The summed E-state index contributed by atoms with van der Waals surface area (Å²) in [6.45, 7) is 0. The Morgan fingerprint density at radius 1 is 0.938 bits per heavy atom. The molecule has 0 saturated carbocycles. The molecule has 0 unspecified atom stereocenters. The third-order valence-electron chi connectivity index (χ3n) is 2.32. The maximum atomic E-state index is 4.28. The van der Waals surface area contributed by atoms with Crippen molar-refractivity contribution in [3.63, 3.8) is 0 Å². The Morgan fingerprint density at radius 2 is 1.81 bits per heavy atom. The number of nitrogens with one attached hydrogen (secondary N) is 3. The van der Waals surface area contributed by atoms with E-state index in [1.54, 1.807) is 25.0 Å². The molecule has 0 aromatic carbocycles. The standard InChI is InChI=1S/C10H10N6/c1(7-2-11-5-14-7)8-3-13-10(16-8)9-4-12-6-15-9/h2-6H,1H2,(H,11,14)(H,12,15)(H,13,16). The summed E-state index contributed by atoms with van der Waals surface area (Å²) in [5.41, 5.74) is 2.98. The third-order valence-corrected chi connectivity index (χ3v) is 2.32. The number of hydrogen-bond acceptors (Lipinski definition) is 3. The monoisotopic (exact) mass is 214 g/mol. The van der Waals surface area contributed by atoms with Gasteiger partial charge in [-0.3, -0.25) is 0 Å². The summed E-state index contributed by atoms with van der Waals surface area (Å²) in [6, 6.07) is 0. The Morgan fingerprint density at radius 3 is 2.56 bits per heavy atom. The smallest absolute Gasteiger partial charge is 0.155 e. The van der Waals surface area contributed by atoms with E-state index >= 15 is 0 Å². The maximum absolute atomic E-state index is 4.28. The van der Waals surface area contributed by atoms with Crippen LogP contribution in [0.2, 0.25) is 0 Å². The van der Waals surface area contributed by atoms with Crippen LogP contribution < -0.4 is 0 Å². The summed E-state index contributed by atoms with van der Waals surface area (Å²) < 4.78 is 0. The Hall–Kier alpha value is -2.37. The van der Waals surface area contributed by atoms with Crippen LogP contribution in [0.1, 0.15) is 11.4 Å². The first kappa shape index (κ1) is 8.90. The number of rotatable bonds is 3. The average molecular weight is 214 g/mol. The molecule has 0 fully saturated rings. The van der Waals surface area contributed by atoms with E-state index in [1.807, 2.05) is 6.20 Å². The highest BCUT2D eigenvalue weighted by Gasteiger charge is 2.05. The molecular formula is C10H10N6. The highest BCUT2D eigenvalue weighted by molar-refractivity contribution is 5.47. The molecule has 6 heteroatoms. The lowest BCUT2D eigenvalue weighted by molar-refractivity contribution is 1.05. The van der Waals surface area contributed by atoms with Crippen LogP contribution in [0, 0.1) is 0 Å². The third kappa shape index (κ3) is 1.60. The fourth-order valence-corrected chi connectivity index (χ4v) is 1.56. The van der Waals surface area contributed by atoms with Crippen molar-refractivity contribution in [2.45, 2.75) is 6.42 Å². The van der Waals surface area contributed by atoms with Gasteiger partial charge in [0, 0.05) is 30.2 Å². The summed E-state index contributed by atoms with van der Waals surface area (Å²) >= 11 is 0. The van der Waals surface area contributed by atoms with Gasteiger partial charge in [0.15, 0.2) is 5.82 Å². The number of nitrogens with zero attached hydrogens (tertiary/aromatic N) is 3. The van der Waals surface area contributed by atoms with E-state index in [-0.39, 0.29) is 0 Å². The van der Waals surface area contributed by atoms with Crippen molar-refractivity contribution in [2.24, 2.45) is 0 Å². The molecular weight excluding hydrogens is 204 g/mol. The van der Waals surface area contributed by atoms with Crippen molar-refractivity contribution >= 4 is 0 Å². The first-order chi connectivity index (χ1) is 7.92. The van der Waals surface area contributed by atoms with Gasteiger partial charge in [0.2, 0.25) is 0 Å². The Kier molecular flexibility index (Phi) is 2.03. The van der Waals surface area contributed by atoms with Crippen LogP contribution in [0.15, 0.2) is 31.2 Å². The molecule has 3 N–H and O–H groups in total. The van der Waals surface area contributed by atoms with Gasteiger partial charge >= 0.3 is 0 Å². The predicted octanol–water partition coefficient (Wildman–Crippen LogP) is 1.11. The van der Waals surface area contributed by atoms with Gasteiger partial charge in [-0.2, -0.15) is 0 Å². The predicted molar refractivity (Wildman–Crippen MR) is 57.6 cm³/mol. The zero-order valence-corrected chi connectivity index (χ0v) is 8.44. The van der Waals surface area contributed by atoms with Crippen LogP contribution in [0.4, 0.5) is 0 Å². The molecule has 0 saturated heterocycles. The Labute approximate surface area is 91.2 Å². The second kappa shape index (κ2) is 3.65. The first-order valence-corrected chi connectivity index (χ1v) is 4.92. The summed E-state index contributed by atoms with van der Waals surface area (Å²) in [5, 5.41) is 0. The molecule has 0 aliphatic heterocycles. The molecule has 16 heavy (non-hydrogen) atoms. The molecule has 0 aliphatic carbocycles. The zero-order valence-electron chi connectivity index (χ0n) is 8.44. The number of aromatic amines is 3. The summed E-state index contributed by atoms with van der Waals surface area (Å²) in [7, 11) is 0. The lowest BCUT2D eigenvalue weighted by Crippen LogP contribution is -1.88. The van der Waals surface area contributed by atoms with Crippen molar-refractivity contribution in [3.8, 4) is 11.5 Å². The van der Waals surface area contributed by atoms with Gasteiger partial charge in [-0.1, -0.05) is 0 Å². The molecule has 0 spiro atoms. The Balaban J connectivity index is 1.83. The molecule has 3 rings (SSSR count). The normalized spacial score (nSPS) is 10.8. The van der Waals surface area contributed by atoms with Gasteiger partial charge in [0.25, 0.3) is 0 Å². The van der Waals surface area contributed by atoms with E-state index in [9.17, 15) is 0 Å². The molecule has 0 atom stereocenters. The van der Waals surface area contributed by atoms with Gasteiger partial charge in [-0.05, 0) is 0 Å². The van der Waals surface area contributed by atoms with Gasteiger partial charge in [0.1, 0.15) is 5.69 Å². The first-order valence-electron chi connectivity index (χ1n) is 4.92. The summed E-state index contributed by atoms with van der Waals surface area (Å²) in [5.74, 6) is 0.798. The van der Waals surface area contributed by atoms with E-state index in [0.29, 0.717) is 0 Å². The molecule has 0 bridgehead atoms. The van der Waals surface area contributed by atoms with E-state index in [2.05, 4.69) is 29.9 Å². The highest BCUT2D eigenvalue weighted by Crippen LogP contribution is 2.12. The van der Waals surface area contributed by atoms with Crippen LogP contribution in [0.25, 0.3) is 11.5 Å². The van der Waals surface area contributed by atoms with Gasteiger partial charge in [-0.25, -0.2) is 15.0 Å². The molecule has 6 nitrogen and oxygen atoms in total. The molecule has 0 aliphatic rings. The minimum Gasteiger partial charge on any atom is -0.348 e. The fourth-order valence-electron chi connectivity index (χ4n) is 1.56. The van der Waals surface area contributed by atoms with E-state index < -0.39 is 0 Å². The highest BCUT2D eigenvalue weighted by atomic mass is 15.0. The van der Waals surface area contributed by atoms with Gasteiger partial charge < -0.3 is 15.0 Å². The average Bonchev–Trinajstić information content (AvgIpc) is 2.99. The topological polar surface area (TPSA) is 86.0 Å². The van der Waals surface area contributed by atoms with Gasteiger partial charge in [0.05, 0.1) is 18.9 Å². The molecule has 3 aromatic rings. The van der Waals surface area contributed by atoms with Crippen LogP contribution in [-0.2, 0) is 6.42 Å². The van der Waals surface area contributed by atoms with Gasteiger partial charge in [-0.15, -0.1) is 0 Å². The zero-order chi connectivity index (χ0) is 10.8. The quantitative estimate of drug-likeness (QED) is 0.610. The number of hydrogen-bond donors (Lipinski definition) is 3. The lowest BCUT2D eigenvalue weighted by atomic mass is 10.3. The van der Waals surface area contributed by atoms with Crippen LogP contribution in [-0.4, -0.2) is 29.9 Å². The molecule has 0 amide bonds. The molecule has 3 aromatic heterocycles. The largest absolute Gasteiger partial charge is 0.348 e.